The van der Waals surface area contributed by atoms with Gasteiger partial charge in [0.25, 0.3) is 0 Å². The minimum Gasteiger partial charge on any atom is -0.496 e. The average molecular weight is 521 g/mol. The highest BCUT2D eigenvalue weighted by Crippen LogP contribution is 2.43. The zero-order valence-electron chi connectivity index (χ0n) is 22.3. The molecule has 1 atom stereocenters. The fraction of sp³-hybridized carbons (Fsp3) is 0.182. The molecule has 0 aliphatic rings. The summed E-state index contributed by atoms with van der Waals surface area (Å²) in [6.07, 6.45) is 2.58. The third-order valence-electron chi connectivity index (χ3n) is 7.08. The molecule has 1 aromatic heterocycles. The summed E-state index contributed by atoms with van der Waals surface area (Å²) in [5.74, 6) is 1.02. The lowest BCUT2D eigenvalue weighted by atomic mass is 9.77. The first-order valence-corrected chi connectivity index (χ1v) is 12.8. The van der Waals surface area contributed by atoms with Gasteiger partial charge in [-0.2, -0.15) is 0 Å². The molecule has 198 valence electrons. The zero-order valence-corrected chi connectivity index (χ0v) is 22.3. The van der Waals surface area contributed by atoms with Crippen molar-refractivity contribution in [1.82, 2.24) is 9.55 Å². The fourth-order valence-corrected chi connectivity index (χ4v) is 5.37. The van der Waals surface area contributed by atoms with E-state index in [-0.39, 0.29) is 0 Å². The van der Waals surface area contributed by atoms with Gasteiger partial charge in [0.2, 0.25) is 0 Å². The molecule has 0 aliphatic carbocycles. The van der Waals surface area contributed by atoms with E-state index < -0.39 is 11.6 Å². The van der Waals surface area contributed by atoms with E-state index >= 15 is 0 Å². The van der Waals surface area contributed by atoms with Gasteiger partial charge in [-0.3, -0.25) is 0 Å². The minimum absolute atomic E-state index is 0.334. The second-order valence-electron chi connectivity index (χ2n) is 9.22. The first-order valence-electron chi connectivity index (χ1n) is 12.8. The average Bonchev–Trinajstić information content (AvgIpc) is 3.49. The summed E-state index contributed by atoms with van der Waals surface area (Å²) < 4.78 is 18.8. The molecule has 0 fully saturated rings. The lowest BCUT2D eigenvalue weighted by Gasteiger charge is -2.37. The summed E-state index contributed by atoms with van der Waals surface area (Å²) in [6, 6.07) is 34.7. The molecular formula is C33H32N2O4. The van der Waals surface area contributed by atoms with Gasteiger partial charge in [-0.15, -0.1) is 0 Å². The highest BCUT2D eigenvalue weighted by atomic mass is 16.5. The van der Waals surface area contributed by atoms with E-state index in [9.17, 15) is 5.11 Å². The van der Waals surface area contributed by atoms with Crippen LogP contribution in [-0.4, -0.2) is 36.0 Å². The van der Waals surface area contributed by atoms with Gasteiger partial charge in [0.1, 0.15) is 23.1 Å². The van der Waals surface area contributed by atoms with Crippen LogP contribution in [0.1, 0.15) is 39.6 Å². The van der Waals surface area contributed by atoms with Crippen molar-refractivity contribution in [1.29, 1.82) is 0 Å². The monoisotopic (exact) mass is 520 g/mol. The van der Waals surface area contributed by atoms with Crippen LogP contribution in [0.2, 0.25) is 0 Å². The maximum atomic E-state index is 11.7. The zero-order chi connectivity index (χ0) is 27.2. The lowest BCUT2D eigenvalue weighted by molar-refractivity contribution is 0.178. The molecule has 5 aromatic rings. The largest absolute Gasteiger partial charge is 0.496 e. The van der Waals surface area contributed by atoms with E-state index in [4.69, 9.17) is 19.2 Å². The van der Waals surface area contributed by atoms with Gasteiger partial charge in [0.05, 0.1) is 38.4 Å². The number of methoxy groups -OCH3 is 3. The van der Waals surface area contributed by atoms with Crippen molar-refractivity contribution in [3.8, 4) is 11.5 Å². The molecule has 0 saturated carbocycles. The molecule has 1 N–H and O–H groups in total. The van der Waals surface area contributed by atoms with E-state index in [1.165, 1.54) is 0 Å². The number of benzene rings is 4. The number of aromatic nitrogens is 2. The molecular weight excluding hydrogens is 488 g/mol. The van der Waals surface area contributed by atoms with Crippen LogP contribution in [0.5, 0.6) is 11.5 Å². The molecule has 5 rings (SSSR count). The van der Waals surface area contributed by atoms with Crippen LogP contribution >= 0.6 is 0 Å². The van der Waals surface area contributed by atoms with Crippen molar-refractivity contribution in [3.63, 3.8) is 0 Å². The van der Waals surface area contributed by atoms with E-state index in [1.54, 1.807) is 27.7 Å². The van der Waals surface area contributed by atoms with Crippen LogP contribution in [-0.2, 0) is 16.9 Å². The molecule has 0 spiro atoms. The summed E-state index contributed by atoms with van der Waals surface area (Å²) in [4.78, 5) is 4.73. The lowest BCUT2D eigenvalue weighted by Crippen LogP contribution is -2.37. The molecule has 0 bridgehead atoms. The first kappa shape index (κ1) is 26.2. The second-order valence-corrected chi connectivity index (χ2v) is 9.22. The highest BCUT2D eigenvalue weighted by molar-refractivity contribution is 5.54. The SMILES string of the molecule is COCc1ccc(OC)c(C(O)c2cn(C(c3ccccc3)(c3ccccc3)c3ccccc3)cn2)c1OC. The Morgan fingerprint density at radius 3 is 1.74 bits per heavy atom. The fourth-order valence-electron chi connectivity index (χ4n) is 5.37. The quantitative estimate of drug-likeness (QED) is 0.230. The summed E-state index contributed by atoms with van der Waals surface area (Å²) in [7, 11) is 4.77. The number of aliphatic hydroxyl groups is 1. The van der Waals surface area contributed by atoms with Crippen LogP contribution in [0.3, 0.4) is 0 Å². The Balaban J connectivity index is 1.73. The van der Waals surface area contributed by atoms with Crippen LogP contribution in [0.15, 0.2) is 116 Å². The van der Waals surface area contributed by atoms with Gasteiger partial charge in [-0.25, -0.2) is 4.98 Å². The van der Waals surface area contributed by atoms with Crippen molar-refractivity contribution < 1.29 is 19.3 Å². The number of nitrogens with zero attached hydrogens (tertiary/aromatic N) is 2. The number of aliphatic hydroxyl groups excluding tert-OH is 1. The van der Waals surface area contributed by atoms with Gasteiger partial charge in [0.15, 0.2) is 0 Å². The first-order chi connectivity index (χ1) is 19.1. The van der Waals surface area contributed by atoms with Crippen molar-refractivity contribution in [2.24, 2.45) is 0 Å². The molecule has 0 aliphatic heterocycles. The van der Waals surface area contributed by atoms with Gasteiger partial charge in [-0.05, 0) is 28.8 Å². The minimum atomic E-state index is -1.10. The van der Waals surface area contributed by atoms with Crippen LogP contribution < -0.4 is 9.47 Å². The molecule has 0 radical (unpaired) electrons. The van der Waals surface area contributed by atoms with Gasteiger partial charge in [0, 0.05) is 18.9 Å². The Hall–Kier alpha value is -4.39. The number of imidazole rings is 1. The van der Waals surface area contributed by atoms with Gasteiger partial charge in [-0.1, -0.05) is 91.0 Å². The Labute approximate surface area is 229 Å². The molecule has 1 heterocycles. The topological polar surface area (TPSA) is 65.7 Å². The maximum absolute atomic E-state index is 11.7. The van der Waals surface area contributed by atoms with Crippen molar-refractivity contribution in [2.45, 2.75) is 18.2 Å². The maximum Gasteiger partial charge on any atom is 0.134 e. The molecule has 1 unspecified atom stereocenters. The standard InChI is InChI=1S/C33H32N2O4/c1-37-22-24-19-20-29(38-2)30(32(24)39-3)31(36)28-21-35(23-34-28)33(25-13-7-4-8-14-25,26-15-9-5-10-16-26)27-17-11-6-12-18-27/h4-21,23,31,36H,22H2,1-3H3. The third kappa shape index (κ3) is 4.69. The van der Waals surface area contributed by atoms with E-state index in [1.807, 2.05) is 72.9 Å². The van der Waals surface area contributed by atoms with Crippen LogP contribution in [0.25, 0.3) is 0 Å². The summed E-state index contributed by atoms with van der Waals surface area (Å²) in [5.41, 5.74) is 4.24. The summed E-state index contributed by atoms with van der Waals surface area (Å²) in [5, 5.41) is 11.7. The highest BCUT2D eigenvalue weighted by Gasteiger charge is 2.39. The third-order valence-corrected chi connectivity index (χ3v) is 7.08. The number of rotatable bonds is 10. The van der Waals surface area contributed by atoms with Crippen molar-refractivity contribution >= 4 is 0 Å². The Morgan fingerprint density at radius 2 is 1.28 bits per heavy atom. The molecule has 0 saturated heterocycles. The molecule has 6 heteroatoms. The Kier molecular flexibility index (Phi) is 7.77. The van der Waals surface area contributed by atoms with Crippen LogP contribution in [0.4, 0.5) is 0 Å². The van der Waals surface area contributed by atoms with Crippen molar-refractivity contribution in [2.75, 3.05) is 21.3 Å². The van der Waals surface area contributed by atoms with Gasteiger partial charge < -0.3 is 23.9 Å². The molecule has 0 amide bonds. The predicted molar refractivity (Wildman–Crippen MR) is 151 cm³/mol. The van der Waals surface area contributed by atoms with Gasteiger partial charge >= 0.3 is 0 Å². The van der Waals surface area contributed by atoms with Crippen LogP contribution in [0, 0.1) is 0 Å². The summed E-state index contributed by atoms with van der Waals surface area (Å²) in [6.45, 7) is 0.334. The number of hydrogen-bond acceptors (Lipinski definition) is 5. The summed E-state index contributed by atoms with van der Waals surface area (Å²) >= 11 is 0. The molecule has 6 nitrogen and oxygen atoms in total. The van der Waals surface area contributed by atoms with E-state index in [0.717, 1.165) is 22.3 Å². The molecule has 39 heavy (non-hydrogen) atoms. The number of hydrogen-bond donors (Lipinski definition) is 1. The Morgan fingerprint density at radius 1 is 0.744 bits per heavy atom. The smallest absolute Gasteiger partial charge is 0.134 e. The Bertz CT molecular complexity index is 1400. The normalized spacial score (nSPS) is 12.2. The van der Waals surface area contributed by atoms with E-state index in [2.05, 4.69) is 41.0 Å². The molecule has 4 aromatic carbocycles. The van der Waals surface area contributed by atoms with Crippen molar-refractivity contribution in [3.05, 3.63) is 149 Å². The predicted octanol–water partition coefficient (Wildman–Crippen LogP) is 5.97. The van der Waals surface area contributed by atoms with E-state index in [0.29, 0.717) is 29.4 Å². The number of ether oxygens (including phenoxy) is 3. The second kappa shape index (κ2) is 11.6.